The van der Waals surface area contributed by atoms with Crippen LogP contribution in [0.15, 0.2) is 91.3 Å². The minimum absolute atomic E-state index is 0.199. The SMILES string of the molecule is O=C(/C=C/c1cn(-c2ccccc2)nc1-c1ccc(Cl)cc1)NCc1ccccn1. The number of nitrogens with one attached hydrogen (secondary N) is 1. The summed E-state index contributed by atoms with van der Waals surface area (Å²) in [4.78, 5) is 16.5. The van der Waals surface area contributed by atoms with Gasteiger partial charge in [-0.15, -0.1) is 0 Å². The van der Waals surface area contributed by atoms with Crippen LogP contribution in [0.25, 0.3) is 23.0 Å². The lowest BCUT2D eigenvalue weighted by atomic mass is 10.1. The van der Waals surface area contributed by atoms with Crippen LogP contribution >= 0.6 is 11.6 Å². The van der Waals surface area contributed by atoms with Crippen molar-refractivity contribution in [2.24, 2.45) is 0 Å². The number of para-hydroxylation sites is 1. The molecule has 0 aliphatic rings. The molecule has 4 aromatic rings. The number of aromatic nitrogens is 3. The third-order valence-corrected chi connectivity index (χ3v) is 4.72. The third kappa shape index (κ3) is 4.82. The topological polar surface area (TPSA) is 59.8 Å². The first-order valence-corrected chi connectivity index (χ1v) is 9.84. The van der Waals surface area contributed by atoms with Crippen LogP contribution in [0, 0.1) is 0 Å². The largest absolute Gasteiger partial charge is 0.347 e. The highest BCUT2D eigenvalue weighted by Gasteiger charge is 2.11. The molecule has 4 rings (SSSR count). The van der Waals surface area contributed by atoms with Crippen molar-refractivity contribution in [2.75, 3.05) is 0 Å². The summed E-state index contributed by atoms with van der Waals surface area (Å²) in [5, 5.41) is 8.23. The second-order valence-electron chi connectivity index (χ2n) is 6.59. The molecule has 148 valence electrons. The van der Waals surface area contributed by atoms with Crippen LogP contribution in [0.3, 0.4) is 0 Å². The molecule has 0 unspecified atom stereocenters. The zero-order valence-electron chi connectivity index (χ0n) is 16.1. The second kappa shape index (κ2) is 9.20. The van der Waals surface area contributed by atoms with Crippen molar-refractivity contribution >= 4 is 23.6 Å². The molecule has 5 nitrogen and oxygen atoms in total. The van der Waals surface area contributed by atoms with Gasteiger partial charge in [-0.1, -0.05) is 48.0 Å². The van der Waals surface area contributed by atoms with Crippen LogP contribution in [-0.2, 0) is 11.3 Å². The zero-order valence-corrected chi connectivity index (χ0v) is 16.8. The predicted molar refractivity (Wildman–Crippen MR) is 119 cm³/mol. The summed E-state index contributed by atoms with van der Waals surface area (Å²) in [7, 11) is 0. The number of carbonyl (C=O) groups excluding carboxylic acids is 1. The van der Waals surface area contributed by atoms with Crippen molar-refractivity contribution in [1.82, 2.24) is 20.1 Å². The Morgan fingerprint density at radius 1 is 1.00 bits per heavy atom. The van der Waals surface area contributed by atoms with E-state index < -0.39 is 0 Å². The molecule has 6 heteroatoms. The number of carbonyl (C=O) groups is 1. The van der Waals surface area contributed by atoms with Crippen LogP contribution in [0.4, 0.5) is 0 Å². The first-order chi connectivity index (χ1) is 14.7. The fraction of sp³-hybridized carbons (Fsp3) is 0.0417. The lowest BCUT2D eigenvalue weighted by molar-refractivity contribution is -0.116. The number of hydrogen-bond donors (Lipinski definition) is 1. The first-order valence-electron chi connectivity index (χ1n) is 9.46. The van der Waals surface area contributed by atoms with Gasteiger partial charge in [-0.05, 0) is 42.5 Å². The molecule has 1 N–H and O–H groups in total. The van der Waals surface area contributed by atoms with E-state index in [1.165, 1.54) is 6.08 Å². The van der Waals surface area contributed by atoms with E-state index in [2.05, 4.69) is 10.3 Å². The van der Waals surface area contributed by atoms with Gasteiger partial charge in [-0.25, -0.2) is 4.68 Å². The fourth-order valence-electron chi connectivity index (χ4n) is 2.96. The minimum Gasteiger partial charge on any atom is -0.347 e. The number of pyridine rings is 1. The Bertz CT molecular complexity index is 1150. The van der Waals surface area contributed by atoms with E-state index in [4.69, 9.17) is 16.7 Å². The van der Waals surface area contributed by atoms with Crippen molar-refractivity contribution in [3.8, 4) is 16.9 Å². The number of nitrogens with zero attached hydrogens (tertiary/aromatic N) is 3. The van der Waals surface area contributed by atoms with Crippen molar-refractivity contribution in [2.45, 2.75) is 6.54 Å². The lowest BCUT2D eigenvalue weighted by Crippen LogP contribution is -2.20. The van der Waals surface area contributed by atoms with E-state index in [1.807, 2.05) is 79.0 Å². The molecule has 0 saturated heterocycles. The lowest BCUT2D eigenvalue weighted by Gasteiger charge is -2.01. The number of benzene rings is 2. The number of amides is 1. The van der Waals surface area contributed by atoms with E-state index in [0.29, 0.717) is 11.6 Å². The molecule has 0 aliphatic carbocycles. The standard InChI is InChI=1S/C24H19ClN4O/c25-20-12-9-18(10-13-20)24-19(17-29(28-24)22-7-2-1-3-8-22)11-14-23(30)27-16-21-6-4-5-15-26-21/h1-15,17H,16H2,(H,27,30)/b14-11+. The Kier molecular flexibility index (Phi) is 6.01. The van der Waals surface area contributed by atoms with E-state index >= 15 is 0 Å². The third-order valence-electron chi connectivity index (χ3n) is 4.47. The Labute approximate surface area is 179 Å². The van der Waals surface area contributed by atoms with Crippen LogP contribution in [0.1, 0.15) is 11.3 Å². The van der Waals surface area contributed by atoms with Gasteiger partial charge in [0.25, 0.3) is 0 Å². The summed E-state index contributed by atoms with van der Waals surface area (Å²) in [5.41, 5.74) is 4.26. The van der Waals surface area contributed by atoms with Gasteiger partial charge >= 0.3 is 0 Å². The van der Waals surface area contributed by atoms with Crippen molar-refractivity contribution in [1.29, 1.82) is 0 Å². The van der Waals surface area contributed by atoms with E-state index in [9.17, 15) is 4.79 Å². The molecule has 2 aromatic heterocycles. The molecule has 30 heavy (non-hydrogen) atoms. The first kappa shape index (κ1) is 19.6. The zero-order chi connectivity index (χ0) is 20.8. The van der Waals surface area contributed by atoms with E-state index in [-0.39, 0.29) is 5.91 Å². The summed E-state index contributed by atoms with van der Waals surface area (Å²) >= 11 is 6.03. The smallest absolute Gasteiger partial charge is 0.244 e. The Balaban J connectivity index is 1.59. The van der Waals surface area contributed by atoms with Crippen LogP contribution in [-0.4, -0.2) is 20.7 Å². The maximum atomic E-state index is 12.3. The molecule has 0 fully saturated rings. The highest BCUT2D eigenvalue weighted by atomic mass is 35.5. The average molecular weight is 415 g/mol. The normalized spacial score (nSPS) is 11.0. The Morgan fingerprint density at radius 2 is 1.77 bits per heavy atom. The molecule has 0 atom stereocenters. The molecule has 0 aliphatic heterocycles. The molecule has 1 amide bonds. The summed E-state index contributed by atoms with van der Waals surface area (Å²) < 4.78 is 1.80. The second-order valence-corrected chi connectivity index (χ2v) is 7.03. The number of halogens is 1. The summed E-state index contributed by atoms with van der Waals surface area (Å²) in [6, 6.07) is 22.9. The highest BCUT2D eigenvalue weighted by molar-refractivity contribution is 6.30. The van der Waals surface area contributed by atoms with Crippen molar-refractivity contribution < 1.29 is 4.79 Å². The molecule has 0 spiro atoms. The van der Waals surface area contributed by atoms with Gasteiger partial charge in [0.2, 0.25) is 5.91 Å². The Morgan fingerprint density at radius 3 is 2.50 bits per heavy atom. The molecular weight excluding hydrogens is 396 g/mol. The van der Waals surface area contributed by atoms with Crippen LogP contribution < -0.4 is 5.32 Å². The van der Waals surface area contributed by atoms with E-state index in [1.54, 1.807) is 17.0 Å². The summed E-state index contributed by atoms with van der Waals surface area (Å²) in [5.74, 6) is -0.199. The van der Waals surface area contributed by atoms with Gasteiger partial charge in [-0.2, -0.15) is 5.10 Å². The number of rotatable bonds is 6. The fourth-order valence-corrected chi connectivity index (χ4v) is 3.09. The minimum atomic E-state index is -0.199. The average Bonchev–Trinajstić information content (AvgIpc) is 3.22. The van der Waals surface area contributed by atoms with Gasteiger partial charge < -0.3 is 5.32 Å². The van der Waals surface area contributed by atoms with Gasteiger partial charge in [-0.3, -0.25) is 9.78 Å². The molecule has 2 aromatic carbocycles. The maximum absolute atomic E-state index is 12.3. The van der Waals surface area contributed by atoms with Gasteiger partial charge in [0.15, 0.2) is 0 Å². The molecule has 0 bridgehead atoms. The number of hydrogen-bond acceptors (Lipinski definition) is 3. The highest BCUT2D eigenvalue weighted by Crippen LogP contribution is 2.26. The maximum Gasteiger partial charge on any atom is 0.244 e. The predicted octanol–water partition coefficient (Wildman–Crippen LogP) is 4.92. The van der Waals surface area contributed by atoms with Gasteiger partial charge in [0.1, 0.15) is 0 Å². The molecule has 0 saturated carbocycles. The Hall–Kier alpha value is -3.70. The van der Waals surface area contributed by atoms with E-state index in [0.717, 1.165) is 28.2 Å². The quantitative estimate of drug-likeness (QED) is 0.456. The summed E-state index contributed by atoms with van der Waals surface area (Å²) in [6.07, 6.45) is 6.88. The van der Waals surface area contributed by atoms with Crippen LogP contribution in [0.2, 0.25) is 5.02 Å². The van der Waals surface area contributed by atoms with Gasteiger partial charge in [0.05, 0.1) is 23.6 Å². The van der Waals surface area contributed by atoms with Gasteiger partial charge in [0, 0.05) is 34.6 Å². The molecule has 0 radical (unpaired) electrons. The molecular formula is C24H19ClN4O. The monoisotopic (exact) mass is 414 g/mol. The van der Waals surface area contributed by atoms with Crippen molar-refractivity contribution in [3.63, 3.8) is 0 Å². The van der Waals surface area contributed by atoms with Crippen LogP contribution in [0.5, 0.6) is 0 Å². The summed E-state index contributed by atoms with van der Waals surface area (Å²) in [6.45, 7) is 0.372. The van der Waals surface area contributed by atoms with Crippen molar-refractivity contribution in [3.05, 3.63) is 108 Å². The molecule has 2 heterocycles.